The summed E-state index contributed by atoms with van der Waals surface area (Å²) in [7, 11) is 3.34. The monoisotopic (exact) mass is 2030 g/mol. The van der Waals surface area contributed by atoms with Crippen molar-refractivity contribution in [1.82, 2.24) is 0 Å². The third-order valence-corrected chi connectivity index (χ3v) is 18.9. The molecule has 0 fully saturated rings. The topological polar surface area (TPSA) is 598 Å². The highest BCUT2D eigenvalue weighted by Crippen LogP contribution is 2.28. The lowest BCUT2D eigenvalue weighted by molar-refractivity contribution is -0.384. The van der Waals surface area contributed by atoms with Gasteiger partial charge in [0.1, 0.15) is 83.5 Å². The number of ether oxygens (including phenoxy) is 1. The van der Waals surface area contributed by atoms with Gasteiger partial charge in [-0.15, -0.1) is 0 Å². The maximum atomic E-state index is 10.9. The number of para-hydroxylation sites is 5. The number of nitro benzene ring substituents is 1. The van der Waals surface area contributed by atoms with Gasteiger partial charge in [0.15, 0.2) is 0 Å². The second kappa shape index (κ2) is 68.7. The predicted octanol–water partition coefficient (Wildman–Crippen LogP) is 18.4. The third kappa shape index (κ3) is 57.0. The van der Waals surface area contributed by atoms with Crippen LogP contribution in [0.4, 0.5) is 73.9 Å². The maximum absolute atomic E-state index is 10.9. The van der Waals surface area contributed by atoms with Gasteiger partial charge in [-0.3, -0.25) is 62.9 Å². The summed E-state index contributed by atoms with van der Waals surface area (Å²) in [5, 5.41) is 140. The number of aliphatic carboxylic acids is 11. The molecule has 0 atom stereocenters. The summed E-state index contributed by atoms with van der Waals surface area (Å²) in [6.45, 7) is 9.10. The van der Waals surface area contributed by atoms with Gasteiger partial charge in [0.2, 0.25) is 0 Å². The van der Waals surface area contributed by atoms with Crippen molar-refractivity contribution in [2.75, 3.05) is 144 Å². The molecule has 145 heavy (non-hydrogen) atoms. The van der Waals surface area contributed by atoms with Crippen LogP contribution >= 0.6 is 23.2 Å². The number of phenols is 1. The molecular weight excluding hydrogens is 1920 g/mol. The fraction of sp³-hybridized carbons (Fsp3) is 0.171. The molecule has 0 spiro atoms. The van der Waals surface area contributed by atoms with Gasteiger partial charge in [0.05, 0.1) is 22.1 Å². The number of rotatable bonds is 36. The molecule has 766 valence electrons. The molecule has 0 radical (unpaired) electrons. The number of nitro groups is 1. The molecule has 0 aliphatic heterocycles. The summed E-state index contributed by atoms with van der Waals surface area (Å²) in [5.74, 6) is -8.71. The van der Waals surface area contributed by atoms with Crippen LogP contribution in [0.25, 0.3) is 10.8 Å². The number of carboxylic acid groups (broad SMARTS) is 11. The molecule has 13 rings (SSSR count). The van der Waals surface area contributed by atoms with Crippen LogP contribution in [-0.2, 0) is 52.7 Å². The number of hydrogen-bond acceptors (Lipinski definition) is 26. The Labute approximate surface area is 846 Å². The van der Waals surface area contributed by atoms with Crippen molar-refractivity contribution in [3.63, 3.8) is 0 Å². The Hall–Kier alpha value is -18.3. The Kier molecular flexibility index (Phi) is 57.2. The van der Waals surface area contributed by atoms with E-state index >= 15 is 0 Å². The molecule has 0 amide bonds. The van der Waals surface area contributed by atoms with Crippen LogP contribution < -0.4 is 62.4 Å². The first-order chi connectivity index (χ1) is 69.0. The summed E-state index contributed by atoms with van der Waals surface area (Å²) in [4.78, 5) is 126. The SMILES string of the molecule is CN(CC(=O)O)c1ccccc1.COc1ccc(NCC(=O)O)cc1.Cc1cc(C)cc(NCC(=O)O)c1.Cc1ccc(NCC(=O)O)cc1.Cc1cccc(C)c1NCC(=O)O.O=C(O)CN(c1ccccc1)c1ccccc1.O=C(O)CNc1ccc(Cl)c(Cl)c1.O=C(O)CNc1ccc(O)cc1.O=C(O)CNc1ccc([N+](=O)[O-])cc1.O=C(O)CNc1ccc2ccccc2c1.O=C(O)CNc1ccccc1. The standard InChI is InChI=1S/C14H13NO2.C12H11NO2.2C10H13NO2.C9H11NO3.2C9H11NO2.C8H7Cl2NO2.C8H8N2O4.C8H9NO3.C8H9NO2/c16-14(17)11-15(12-7-3-1-4-8-12)13-9-5-2-6-10-13;14-12(15)8-13-11-6-5-9-3-1-2-4-10(9)7-11;1-7-3-8(2)5-9(4-7)11-6-10(12)13;1-7-4-3-5-8(2)10(7)11-6-9(12)13;1-13-8-4-2-7(3-5-8)10-6-9(11)12;1-7-2-4-8(5-3-7)10-6-9(11)12;1-10(7-9(11)12)8-5-3-2-4-6-8;9-6-2-1-5(3-7(6)10)11-4-8(12)13;11-8(12)5-9-6-1-3-7(4-2-6)10(13)14;10-7-3-1-6(2-4-7)9-5-8(11)12;10-8(11)6-9-7-4-2-1-3-5-7/h1-10H,11H2,(H,16,17);1-7,13H,8H2,(H,14,15);2*3-5,11H,6H2,1-2H3,(H,12,13);2-5,10H,6H2,1H3,(H,11,12);2-5,10H,6H2,1H3,(H,11,12);2-6H,7H2,1H3,(H,11,12);1-3,11H,4H2,(H,12,13);1-4,9H,5H2,(H,11,12);1-4,9-10H,5H2,(H,11,12);1-5,9H,6H2,(H,10,11). The number of anilines is 12. The summed E-state index contributed by atoms with van der Waals surface area (Å²) in [6, 6.07) is 94.4. The maximum Gasteiger partial charge on any atom is 0.323 e. The van der Waals surface area contributed by atoms with Gasteiger partial charge in [-0.1, -0.05) is 168 Å². The van der Waals surface area contributed by atoms with Crippen molar-refractivity contribution in [3.05, 3.63) is 363 Å². The van der Waals surface area contributed by atoms with E-state index in [-0.39, 0.29) is 83.4 Å². The van der Waals surface area contributed by atoms with Crippen LogP contribution in [0.5, 0.6) is 11.5 Å². The van der Waals surface area contributed by atoms with E-state index in [2.05, 4.69) is 47.9 Å². The lowest BCUT2D eigenvalue weighted by Crippen LogP contribution is -2.24. The van der Waals surface area contributed by atoms with Gasteiger partial charge >= 0.3 is 65.7 Å². The van der Waals surface area contributed by atoms with Gasteiger partial charge in [0.25, 0.3) is 5.69 Å². The highest BCUT2D eigenvalue weighted by Gasteiger charge is 2.14. The van der Waals surface area contributed by atoms with Crippen LogP contribution in [0.3, 0.4) is 0 Å². The Morgan fingerprint density at radius 2 is 0.607 bits per heavy atom. The quantitative estimate of drug-likeness (QED) is 0.00985. The number of nitrogens with zero attached hydrogens (tertiary/aromatic N) is 3. The molecule has 0 bridgehead atoms. The van der Waals surface area contributed by atoms with E-state index in [0.29, 0.717) is 27.1 Å². The molecule has 0 saturated heterocycles. The highest BCUT2D eigenvalue weighted by atomic mass is 35.5. The number of likely N-dealkylation sites (N-methyl/N-ethyl adjacent to an activating group) is 1. The number of aromatic hydroxyl groups is 1. The number of methoxy groups -OCH3 is 1. The lowest BCUT2D eigenvalue weighted by Gasteiger charge is -2.22. The average Bonchev–Trinajstić information content (AvgIpc) is 0.845. The van der Waals surface area contributed by atoms with Crippen LogP contribution in [0.1, 0.15) is 27.8 Å². The molecular formula is C105H116Cl2N12O26. The van der Waals surface area contributed by atoms with E-state index in [1.807, 2.05) is 259 Å². The Balaban J connectivity index is 0.000000411. The van der Waals surface area contributed by atoms with Crippen molar-refractivity contribution < 1.29 is 124 Å². The zero-order valence-corrected chi connectivity index (χ0v) is 81.5. The van der Waals surface area contributed by atoms with Crippen LogP contribution in [0.15, 0.2) is 315 Å². The number of nitrogens with one attached hydrogen (secondary N) is 9. The number of phenolic OH excluding ortho intramolecular Hbond substituents is 1. The molecule has 0 heterocycles. The molecule has 13 aromatic carbocycles. The second-order valence-electron chi connectivity index (χ2n) is 30.1. The minimum atomic E-state index is -0.983. The molecule has 0 aromatic heterocycles. The third-order valence-electron chi connectivity index (χ3n) is 18.2. The molecule has 38 nitrogen and oxygen atoms in total. The van der Waals surface area contributed by atoms with Gasteiger partial charge < -0.3 is 124 Å². The Bertz CT molecular complexity index is 6040. The van der Waals surface area contributed by atoms with E-state index in [9.17, 15) is 62.9 Å². The first kappa shape index (κ1) is 121. The van der Waals surface area contributed by atoms with E-state index in [1.165, 1.54) is 36.4 Å². The average molecular weight is 2030 g/mol. The summed E-state index contributed by atoms with van der Waals surface area (Å²) >= 11 is 11.4. The number of benzene rings is 13. The Morgan fingerprint density at radius 1 is 0.297 bits per heavy atom. The zero-order chi connectivity index (χ0) is 108. The number of aryl methyl sites for hydroxylation is 5. The summed E-state index contributed by atoms with van der Waals surface area (Å²) in [5.41, 5.74) is 15.1. The van der Waals surface area contributed by atoms with Gasteiger partial charge in [-0.05, 0) is 231 Å². The molecule has 0 aliphatic carbocycles. The number of non-ortho nitro benzene ring substituents is 1. The number of hydrogen-bond donors (Lipinski definition) is 21. The van der Waals surface area contributed by atoms with Gasteiger partial charge in [-0.25, -0.2) is 0 Å². The van der Waals surface area contributed by atoms with Crippen LogP contribution in [0, 0.1) is 44.7 Å². The number of fused-ring (bicyclic) bond motifs is 1. The normalized spacial score (nSPS) is 9.58. The lowest BCUT2D eigenvalue weighted by atomic mass is 10.1. The smallest absolute Gasteiger partial charge is 0.323 e. The minimum Gasteiger partial charge on any atom is -0.508 e. The van der Waals surface area contributed by atoms with Crippen molar-refractivity contribution >= 4 is 174 Å². The minimum absolute atomic E-state index is 0.0223. The molecule has 40 heteroatoms. The molecule has 0 saturated carbocycles. The largest absolute Gasteiger partial charge is 0.508 e. The predicted molar refractivity (Wildman–Crippen MR) is 564 cm³/mol. The summed E-state index contributed by atoms with van der Waals surface area (Å²) in [6.07, 6.45) is 0. The van der Waals surface area contributed by atoms with Crippen molar-refractivity contribution in [1.29, 1.82) is 0 Å². The molecule has 0 aliphatic rings. The molecule has 13 aromatic rings. The van der Waals surface area contributed by atoms with Gasteiger partial charge in [0, 0.05) is 87.4 Å². The van der Waals surface area contributed by atoms with Crippen molar-refractivity contribution in [3.8, 4) is 11.5 Å². The number of halogens is 2. The van der Waals surface area contributed by atoms with E-state index in [1.54, 1.807) is 78.6 Å². The highest BCUT2D eigenvalue weighted by molar-refractivity contribution is 6.42. The fourth-order valence-electron chi connectivity index (χ4n) is 11.5. The van der Waals surface area contributed by atoms with Crippen LogP contribution in [0.2, 0.25) is 10.0 Å². The Morgan fingerprint density at radius 3 is 0.979 bits per heavy atom. The first-order valence-electron chi connectivity index (χ1n) is 43.5. The van der Waals surface area contributed by atoms with Crippen LogP contribution in [-0.4, -0.2) is 218 Å². The fourth-order valence-corrected chi connectivity index (χ4v) is 11.8. The van der Waals surface area contributed by atoms with Crippen molar-refractivity contribution in [2.24, 2.45) is 0 Å². The molecule has 0 unspecified atom stereocenters. The number of carbonyl (C=O) groups is 11. The zero-order valence-electron chi connectivity index (χ0n) is 80.0. The van der Waals surface area contributed by atoms with Crippen molar-refractivity contribution in [2.45, 2.75) is 34.6 Å². The number of carboxylic acids is 11. The van der Waals surface area contributed by atoms with E-state index in [0.717, 1.165) is 95.5 Å². The van der Waals surface area contributed by atoms with E-state index in [4.69, 9.17) is 89.2 Å². The first-order valence-corrected chi connectivity index (χ1v) is 44.3. The van der Waals surface area contributed by atoms with E-state index < -0.39 is 70.6 Å². The molecule has 21 N–H and O–H groups in total. The second-order valence-corrected chi connectivity index (χ2v) is 30.9. The van der Waals surface area contributed by atoms with Gasteiger partial charge in [-0.2, -0.15) is 0 Å². The summed E-state index contributed by atoms with van der Waals surface area (Å²) < 4.78 is 4.95.